The number of hydrogen-bond acceptors (Lipinski definition) is 1. The van der Waals surface area contributed by atoms with Crippen molar-refractivity contribution in [2.75, 3.05) is 5.73 Å². The molecule has 0 amide bonds. The van der Waals surface area contributed by atoms with E-state index in [1.54, 1.807) is 0 Å². The number of nitrogens with two attached hydrogens (primary N) is 1. The van der Waals surface area contributed by atoms with Gasteiger partial charge in [-0.25, -0.2) is 0 Å². The molecule has 2 aromatic rings. The Balaban J connectivity index is 2.18. The lowest BCUT2D eigenvalue weighted by Crippen LogP contribution is -1.97. The Bertz CT molecular complexity index is 667. The van der Waals surface area contributed by atoms with Gasteiger partial charge in [0.05, 0.1) is 0 Å². The second kappa shape index (κ2) is 8.57. The molecular formula is C22H29N. The van der Waals surface area contributed by atoms with Crippen LogP contribution >= 0.6 is 0 Å². The Kier molecular flexibility index (Phi) is 6.46. The lowest BCUT2D eigenvalue weighted by Gasteiger charge is -2.12. The molecule has 2 aromatic carbocycles. The van der Waals surface area contributed by atoms with E-state index in [9.17, 15) is 0 Å². The highest BCUT2D eigenvalue weighted by Gasteiger charge is 2.06. The topological polar surface area (TPSA) is 26.0 Å². The SMILES string of the molecule is C/C=C(\Cc1cc(N)ccc1C)c1cccc(CCCCC)c1. The van der Waals surface area contributed by atoms with Gasteiger partial charge in [-0.15, -0.1) is 0 Å². The van der Waals surface area contributed by atoms with Gasteiger partial charge in [-0.1, -0.05) is 56.2 Å². The minimum Gasteiger partial charge on any atom is -0.399 e. The highest BCUT2D eigenvalue weighted by atomic mass is 14.5. The zero-order chi connectivity index (χ0) is 16.7. The summed E-state index contributed by atoms with van der Waals surface area (Å²) in [5.74, 6) is 0. The molecule has 0 fully saturated rings. The van der Waals surface area contributed by atoms with Crippen molar-refractivity contribution in [1.82, 2.24) is 0 Å². The van der Waals surface area contributed by atoms with Crippen LogP contribution in [0.3, 0.4) is 0 Å². The zero-order valence-corrected chi connectivity index (χ0v) is 14.7. The third-order valence-corrected chi connectivity index (χ3v) is 4.47. The van der Waals surface area contributed by atoms with Gasteiger partial charge < -0.3 is 5.73 Å². The average molecular weight is 307 g/mol. The number of unbranched alkanes of at least 4 members (excludes halogenated alkanes) is 2. The van der Waals surface area contributed by atoms with Gasteiger partial charge in [0.1, 0.15) is 0 Å². The lowest BCUT2D eigenvalue weighted by atomic mass is 9.93. The minimum absolute atomic E-state index is 0.842. The maximum atomic E-state index is 5.96. The molecule has 0 heterocycles. The summed E-state index contributed by atoms with van der Waals surface area (Å²) in [5.41, 5.74) is 13.6. The number of hydrogen-bond donors (Lipinski definition) is 1. The second-order valence-corrected chi connectivity index (χ2v) is 6.33. The predicted octanol–water partition coefficient (Wildman–Crippen LogP) is 5.96. The van der Waals surface area contributed by atoms with Gasteiger partial charge in [0, 0.05) is 5.69 Å². The third-order valence-electron chi connectivity index (χ3n) is 4.47. The van der Waals surface area contributed by atoms with E-state index in [1.807, 2.05) is 6.07 Å². The number of nitrogen functional groups attached to an aromatic ring is 1. The van der Waals surface area contributed by atoms with E-state index in [1.165, 1.54) is 53.5 Å². The summed E-state index contributed by atoms with van der Waals surface area (Å²) < 4.78 is 0. The summed E-state index contributed by atoms with van der Waals surface area (Å²) in [6, 6.07) is 15.2. The van der Waals surface area contributed by atoms with Crippen LogP contribution in [0.5, 0.6) is 0 Å². The highest BCUT2D eigenvalue weighted by molar-refractivity contribution is 5.69. The lowest BCUT2D eigenvalue weighted by molar-refractivity contribution is 0.717. The molecule has 0 atom stereocenters. The second-order valence-electron chi connectivity index (χ2n) is 6.33. The summed E-state index contributed by atoms with van der Waals surface area (Å²) >= 11 is 0. The number of rotatable bonds is 7. The Labute approximate surface area is 141 Å². The number of allylic oxidation sites excluding steroid dienone is 2. The minimum atomic E-state index is 0.842. The van der Waals surface area contributed by atoms with Crippen molar-refractivity contribution in [1.29, 1.82) is 0 Å². The molecule has 0 spiro atoms. The average Bonchev–Trinajstić information content (AvgIpc) is 2.56. The van der Waals surface area contributed by atoms with Crippen LogP contribution in [0.4, 0.5) is 5.69 Å². The first-order chi connectivity index (χ1) is 11.1. The molecule has 0 saturated heterocycles. The van der Waals surface area contributed by atoms with Crippen LogP contribution in [0.2, 0.25) is 0 Å². The van der Waals surface area contributed by atoms with Gasteiger partial charge in [0.15, 0.2) is 0 Å². The molecule has 0 saturated carbocycles. The summed E-state index contributed by atoms with van der Waals surface area (Å²) in [6.45, 7) is 6.53. The monoisotopic (exact) mass is 307 g/mol. The van der Waals surface area contributed by atoms with Crippen LogP contribution in [-0.2, 0) is 12.8 Å². The summed E-state index contributed by atoms with van der Waals surface area (Å²) in [6.07, 6.45) is 8.20. The molecule has 0 aliphatic carbocycles. The predicted molar refractivity (Wildman–Crippen MR) is 103 cm³/mol. The Hall–Kier alpha value is -2.02. The normalized spacial score (nSPS) is 11.7. The molecule has 2 rings (SSSR count). The first-order valence-corrected chi connectivity index (χ1v) is 8.73. The fourth-order valence-corrected chi connectivity index (χ4v) is 2.96. The van der Waals surface area contributed by atoms with E-state index < -0.39 is 0 Å². The molecule has 0 aliphatic heterocycles. The maximum Gasteiger partial charge on any atom is 0.0317 e. The molecule has 2 N–H and O–H groups in total. The van der Waals surface area contributed by atoms with Crippen molar-refractivity contribution in [3.05, 3.63) is 70.8 Å². The molecular weight excluding hydrogens is 278 g/mol. The molecule has 0 bridgehead atoms. The molecule has 0 radical (unpaired) electrons. The first kappa shape index (κ1) is 17.3. The molecule has 1 heteroatoms. The van der Waals surface area contributed by atoms with E-state index in [0.717, 1.165) is 12.1 Å². The number of anilines is 1. The van der Waals surface area contributed by atoms with E-state index in [2.05, 4.69) is 63.2 Å². The van der Waals surface area contributed by atoms with Crippen LogP contribution < -0.4 is 5.73 Å². The van der Waals surface area contributed by atoms with Crippen LogP contribution in [0.25, 0.3) is 5.57 Å². The number of aryl methyl sites for hydroxylation is 2. The largest absolute Gasteiger partial charge is 0.399 e. The Morgan fingerprint density at radius 2 is 1.91 bits per heavy atom. The van der Waals surface area contributed by atoms with Gasteiger partial charge in [0.2, 0.25) is 0 Å². The van der Waals surface area contributed by atoms with Crippen molar-refractivity contribution in [2.24, 2.45) is 0 Å². The van der Waals surface area contributed by atoms with E-state index >= 15 is 0 Å². The summed E-state index contributed by atoms with van der Waals surface area (Å²) in [4.78, 5) is 0. The van der Waals surface area contributed by atoms with E-state index in [-0.39, 0.29) is 0 Å². The van der Waals surface area contributed by atoms with E-state index in [0.29, 0.717) is 0 Å². The molecule has 0 unspecified atom stereocenters. The maximum absolute atomic E-state index is 5.96. The zero-order valence-electron chi connectivity index (χ0n) is 14.7. The third kappa shape index (κ3) is 4.99. The van der Waals surface area contributed by atoms with Gasteiger partial charge >= 0.3 is 0 Å². The standard InChI is InChI=1S/C22H29N/c1-4-6-7-9-18-10-8-11-20(14-18)19(5-2)15-21-16-22(23)13-12-17(21)3/h5,8,10-14,16H,4,6-7,9,15,23H2,1-3H3/b19-5+. The molecule has 1 nitrogen and oxygen atoms in total. The fraction of sp³-hybridized carbons (Fsp3) is 0.364. The van der Waals surface area contributed by atoms with Crippen molar-refractivity contribution < 1.29 is 0 Å². The van der Waals surface area contributed by atoms with Crippen molar-refractivity contribution in [3.8, 4) is 0 Å². The molecule has 0 aromatic heterocycles. The molecule has 0 aliphatic rings. The Morgan fingerprint density at radius 3 is 2.65 bits per heavy atom. The molecule has 23 heavy (non-hydrogen) atoms. The first-order valence-electron chi connectivity index (χ1n) is 8.73. The summed E-state index contributed by atoms with van der Waals surface area (Å²) in [5, 5.41) is 0. The smallest absolute Gasteiger partial charge is 0.0317 e. The van der Waals surface area contributed by atoms with E-state index in [4.69, 9.17) is 5.73 Å². The van der Waals surface area contributed by atoms with Gasteiger partial charge in [-0.05, 0) is 73.1 Å². The highest BCUT2D eigenvalue weighted by Crippen LogP contribution is 2.24. The quantitative estimate of drug-likeness (QED) is 0.496. The van der Waals surface area contributed by atoms with Gasteiger partial charge in [-0.2, -0.15) is 0 Å². The Morgan fingerprint density at radius 1 is 1.09 bits per heavy atom. The van der Waals surface area contributed by atoms with Crippen LogP contribution in [-0.4, -0.2) is 0 Å². The summed E-state index contributed by atoms with van der Waals surface area (Å²) in [7, 11) is 0. The van der Waals surface area contributed by atoms with Crippen molar-refractivity contribution in [2.45, 2.75) is 52.9 Å². The van der Waals surface area contributed by atoms with Crippen molar-refractivity contribution >= 4 is 11.3 Å². The van der Waals surface area contributed by atoms with Gasteiger partial charge in [-0.3, -0.25) is 0 Å². The number of benzene rings is 2. The van der Waals surface area contributed by atoms with Crippen LogP contribution in [0, 0.1) is 6.92 Å². The van der Waals surface area contributed by atoms with Gasteiger partial charge in [0.25, 0.3) is 0 Å². The van der Waals surface area contributed by atoms with Crippen LogP contribution in [0.15, 0.2) is 48.5 Å². The fourth-order valence-electron chi connectivity index (χ4n) is 2.96. The van der Waals surface area contributed by atoms with Crippen molar-refractivity contribution in [3.63, 3.8) is 0 Å². The van der Waals surface area contributed by atoms with Crippen LogP contribution in [0.1, 0.15) is 55.4 Å². The molecule has 122 valence electrons.